The molecule has 29 heavy (non-hydrogen) atoms. The van der Waals surface area contributed by atoms with E-state index < -0.39 is 0 Å². The first-order chi connectivity index (χ1) is 14.0. The van der Waals surface area contributed by atoms with Gasteiger partial charge >= 0.3 is 0 Å². The molecular weight excluding hydrogens is 368 g/mol. The minimum absolute atomic E-state index is 0.0473. The molecule has 0 spiro atoms. The number of imide groups is 1. The molecule has 1 atom stereocenters. The average molecular weight is 399 g/mol. The summed E-state index contributed by atoms with van der Waals surface area (Å²) < 4.78 is 11.4. The summed E-state index contributed by atoms with van der Waals surface area (Å²) in [6, 6.07) is 7.54. The molecule has 1 unspecified atom stereocenters. The molecule has 3 aliphatic rings. The Bertz CT molecular complexity index is 788. The number of hydrogen-bond acceptors (Lipinski definition) is 5. The molecule has 156 valence electrons. The summed E-state index contributed by atoms with van der Waals surface area (Å²) in [5.41, 5.74) is 1.85. The van der Waals surface area contributed by atoms with Crippen molar-refractivity contribution in [3.8, 4) is 5.75 Å². The second-order valence-corrected chi connectivity index (χ2v) is 8.50. The zero-order chi connectivity index (χ0) is 20.4. The summed E-state index contributed by atoms with van der Waals surface area (Å²) in [6.07, 6.45) is 3.93. The molecule has 0 bridgehead atoms. The van der Waals surface area contributed by atoms with E-state index in [4.69, 9.17) is 9.47 Å². The first-order valence-electron chi connectivity index (χ1n) is 10.7. The van der Waals surface area contributed by atoms with E-state index in [1.54, 1.807) is 0 Å². The fraction of sp³-hybridized carbons (Fsp3) is 0.565. The van der Waals surface area contributed by atoms with Gasteiger partial charge in [-0.2, -0.15) is 0 Å². The van der Waals surface area contributed by atoms with E-state index in [0.717, 1.165) is 50.1 Å². The lowest BCUT2D eigenvalue weighted by atomic mass is 10.0. The van der Waals surface area contributed by atoms with Crippen LogP contribution in [-0.4, -0.2) is 60.6 Å². The van der Waals surface area contributed by atoms with Crippen molar-refractivity contribution in [3.05, 3.63) is 35.5 Å². The van der Waals surface area contributed by atoms with Crippen molar-refractivity contribution in [1.82, 2.24) is 9.80 Å². The maximum absolute atomic E-state index is 13.3. The predicted octanol–water partition coefficient (Wildman–Crippen LogP) is 3.08. The van der Waals surface area contributed by atoms with Crippen LogP contribution in [0.2, 0.25) is 0 Å². The Morgan fingerprint density at radius 1 is 1.07 bits per heavy atom. The summed E-state index contributed by atoms with van der Waals surface area (Å²) in [5.74, 6) is 0.837. The Kier molecular flexibility index (Phi) is 5.90. The van der Waals surface area contributed by atoms with Gasteiger partial charge in [-0.15, -0.1) is 0 Å². The summed E-state index contributed by atoms with van der Waals surface area (Å²) in [5, 5.41) is 0. The van der Waals surface area contributed by atoms with Crippen LogP contribution in [-0.2, 0) is 14.3 Å². The highest BCUT2D eigenvalue weighted by Crippen LogP contribution is 2.34. The number of benzene rings is 1. The lowest BCUT2D eigenvalue weighted by molar-refractivity contribution is -0.139. The van der Waals surface area contributed by atoms with E-state index in [9.17, 15) is 9.59 Å². The summed E-state index contributed by atoms with van der Waals surface area (Å²) in [4.78, 5) is 30.0. The topological polar surface area (TPSA) is 59.1 Å². The van der Waals surface area contributed by atoms with Crippen LogP contribution in [0.5, 0.6) is 5.75 Å². The average Bonchev–Trinajstić information content (AvgIpc) is 3.45. The van der Waals surface area contributed by atoms with Gasteiger partial charge in [0, 0.05) is 19.7 Å². The highest BCUT2D eigenvalue weighted by Gasteiger charge is 2.43. The van der Waals surface area contributed by atoms with Gasteiger partial charge in [0.2, 0.25) is 0 Å². The van der Waals surface area contributed by atoms with Crippen LogP contribution in [0.25, 0.3) is 5.57 Å². The molecule has 1 aromatic rings. The van der Waals surface area contributed by atoms with Crippen molar-refractivity contribution < 1.29 is 19.1 Å². The fourth-order valence-electron chi connectivity index (χ4n) is 4.20. The second-order valence-electron chi connectivity index (χ2n) is 8.50. The van der Waals surface area contributed by atoms with Gasteiger partial charge in [-0.3, -0.25) is 14.5 Å². The van der Waals surface area contributed by atoms with E-state index in [0.29, 0.717) is 36.9 Å². The molecule has 3 heterocycles. The van der Waals surface area contributed by atoms with Gasteiger partial charge < -0.3 is 14.4 Å². The Balaban J connectivity index is 1.61. The third-order valence-electron chi connectivity index (χ3n) is 5.70. The van der Waals surface area contributed by atoms with E-state index in [1.165, 1.54) is 4.90 Å². The number of carbonyl (C=O) groups excluding carboxylic acids is 2. The van der Waals surface area contributed by atoms with Crippen LogP contribution >= 0.6 is 0 Å². The molecule has 2 amide bonds. The van der Waals surface area contributed by atoms with Crippen LogP contribution in [0.4, 0.5) is 0 Å². The van der Waals surface area contributed by atoms with Gasteiger partial charge in [-0.05, 0) is 49.3 Å². The molecule has 6 nitrogen and oxygen atoms in total. The smallest absolute Gasteiger partial charge is 0.277 e. The number of likely N-dealkylation sites (tertiary alicyclic amines) is 1. The zero-order valence-electron chi connectivity index (χ0n) is 17.4. The summed E-state index contributed by atoms with van der Waals surface area (Å²) in [7, 11) is 0. The molecule has 3 aliphatic heterocycles. The number of rotatable bonds is 7. The summed E-state index contributed by atoms with van der Waals surface area (Å²) >= 11 is 0. The highest BCUT2D eigenvalue weighted by atomic mass is 16.5. The lowest BCUT2D eigenvalue weighted by Gasteiger charge is -2.21. The molecular formula is C23H30N2O4. The number of nitrogens with zero attached hydrogens (tertiary/aromatic N) is 2. The molecule has 0 aromatic heterocycles. The Labute approximate surface area is 172 Å². The SMILES string of the molecule is CC(C)COc1ccc(C2=C(N3CCCC3)C(=O)N(CC3CCCO3)C2=O)cc1. The number of amides is 2. The molecule has 2 saturated heterocycles. The largest absolute Gasteiger partial charge is 0.493 e. The Hall–Kier alpha value is -2.34. The zero-order valence-corrected chi connectivity index (χ0v) is 17.4. The van der Waals surface area contributed by atoms with Gasteiger partial charge in [0.05, 0.1) is 24.8 Å². The monoisotopic (exact) mass is 398 g/mol. The normalized spacial score (nSPS) is 22.5. The third-order valence-corrected chi connectivity index (χ3v) is 5.70. The van der Waals surface area contributed by atoms with Crippen molar-refractivity contribution in [2.24, 2.45) is 5.92 Å². The maximum atomic E-state index is 13.3. The van der Waals surface area contributed by atoms with Crippen LogP contribution in [0.3, 0.4) is 0 Å². The molecule has 2 fully saturated rings. The minimum atomic E-state index is -0.205. The molecule has 0 N–H and O–H groups in total. The van der Waals surface area contributed by atoms with Crippen molar-refractivity contribution in [3.63, 3.8) is 0 Å². The third kappa shape index (κ3) is 4.17. The van der Waals surface area contributed by atoms with Crippen LogP contribution in [0.15, 0.2) is 30.0 Å². The first-order valence-corrected chi connectivity index (χ1v) is 10.7. The van der Waals surface area contributed by atoms with Crippen molar-refractivity contribution in [2.75, 3.05) is 32.8 Å². The van der Waals surface area contributed by atoms with Crippen LogP contribution < -0.4 is 4.74 Å². The molecule has 6 heteroatoms. The van der Waals surface area contributed by atoms with Crippen LogP contribution in [0.1, 0.15) is 45.1 Å². The lowest BCUT2D eigenvalue weighted by Crippen LogP contribution is -2.39. The van der Waals surface area contributed by atoms with Gasteiger partial charge in [0.25, 0.3) is 11.8 Å². The maximum Gasteiger partial charge on any atom is 0.277 e. The molecule has 0 saturated carbocycles. The number of carbonyl (C=O) groups is 2. The van der Waals surface area contributed by atoms with E-state index in [-0.39, 0.29) is 17.9 Å². The van der Waals surface area contributed by atoms with Gasteiger partial charge in [0.15, 0.2) is 0 Å². The van der Waals surface area contributed by atoms with Crippen molar-refractivity contribution in [1.29, 1.82) is 0 Å². The van der Waals surface area contributed by atoms with E-state index in [2.05, 4.69) is 18.7 Å². The highest BCUT2D eigenvalue weighted by molar-refractivity contribution is 6.35. The molecule has 0 radical (unpaired) electrons. The molecule has 1 aromatic carbocycles. The van der Waals surface area contributed by atoms with Crippen molar-refractivity contribution >= 4 is 17.4 Å². The minimum Gasteiger partial charge on any atom is -0.493 e. The quantitative estimate of drug-likeness (QED) is 0.661. The standard InChI is InChI=1S/C23H30N2O4/c1-16(2)15-29-18-9-7-17(8-10-18)20-21(24-11-3-4-12-24)23(27)25(22(20)26)14-19-6-5-13-28-19/h7-10,16,19H,3-6,11-15H2,1-2H3. The number of ether oxygens (including phenoxy) is 2. The Morgan fingerprint density at radius 3 is 2.41 bits per heavy atom. The predicted molar refractivity (Wildman–Crippen MR) is 110 cm³/mol. The van der Waals surface area contributed by atoms with Gasteiger partial charge in [0.1, 0.15) is 11.4 Å². The van der Waals surface area contributed by atoms with E-state index in [1.807, 2.05) is 24.3 Å². The molecule has 4 rings (SSSR count). The van der Waals surface area contributed by atoms with E-state index >= 15 is 0 Å². The van der Waals surface area contributed by atoms with Crippen LogP contribution in [0, 0.1) is 5.92 Å². The summed E-state index contributed by atoms with van der Waals surface area (Å²) in [6.45, 7) is 7.54. The van der Waals surface area contributed by atoms with Crippen molar-refractivity contribution in [2.45, 2.75) is 45.6 Å². The number of hydrogen-bond donors (Lipinski definition) is 0. The Morgan fingerprint density at radius 2 is 1.79 bits per heavy atom. The molecule has 0 aliphatic carbocycles. The fourth-order valence-corrected chi connectivity index (χ4v) is 4.20. The van der Waals surface area contributed by atoms with Gasteiger partial charge in [-0.1, -0.05) is 26.0 Å². The second kappa shape index (κ2) is 8.57. The first kappa shape index (κ1) is 20.0. The van der Waals surface area contributed by atoms with Gasteiger partial charge in [-0.25, -0.2) is 0 Å².